The van der Waals surface area contributed by atoms with E-state index in [9.17, 15) is 4.79 Å². The first-order valence-electron chi connectivity index (χ1n) is 7.86. The van der Waals surface area contributed by atoms with Crippen LogP contribution in [-0.2, 0) is 0 Å². The molecule has 0 spiro atoms. The maximum atomic E-state index is 12.3. The van der Waals surface area contributed by atoms with Gasteiger partial charge in [0.1, 0.15) is 11.4 Å². The van der Waals surface area contributed by atoms with Crippen LogP contribution in [-0.4, -0.2) is 16.2 Å². The molecule has 1 aromatic heterocycles. The third kappa shape index (κ3) is 4.16. The van der Waals surface area contributed by atoms with E-state index >= 15 is 0 Å². The van der Waals surface area contributed by atoms with Gasteiger partial charge in [0, 0.05) is 17.2 Å². The van der Waals surface area contributed by atoms with Gasteiger partial charge in [0.2, 0.25) is 0 Å². The molecule has 0 bridgehead atoms. The second-order valence-electron chi connectivity index (χ2n) is 5.44. The third-order valence-corrected chi connectivity index (χ3v) is 4.71. The minimum atomic E-state index is -0.328. The molecule has 0 amide bonds. The van der Waals surface area contributed by atoms with Gasteiger partial charge in [-0.05, 0) is 24.6 Å². The van der Waals surface area contributed by atoms with Crippen LogP contribution in [0.1, 0.15) is 23.3 Å². The first kappa shape index (κ1) is 17.0. The molecule has 0 saturated carbocycles. The second kappa shape index (κ2) is 7.81. The van der Waals surface area contributed by atoms with Gasteiger partial charge in [-0.1, -0.05) is 60.3 Å². The van der Waals surface area contributed by atoms with Gasteiger partial charge in [0.15, 0.2) is 5.16 Å². The number of aromatic nitrogens is 2. The Morgan fingerprint density at radius 3 is 2.40 bits per heavy atom. The van der Waals surface area contributed by atoms with Crippen LogP contribution in [0, 0.1) is 5.41 Å². The van der Waals surface area contributed by atoms with E-state index < -0.39 is 0 Å². The molecule has 0 aliphatic heterocycles. The number of thioether (sulfide) groups is 1. The van der Waals surface area contributed by atoms with Crippen molar-refractivity contribution in [2.24, 2.45) is 0 Å². The molecule has 0 saturated heterocycles. The standard InChI is InChI=1S/C19H18N4OS/c1-13(14-8-4-2-5-9-14)25-19-22-17(16(12-20)18(24)23-19)21-15-10-6-3-7-11-15/h2-13,20H,1H3,(H2,21,22,23,24). The predicted octanol–water partition coefficient (Wildman–Crippen LogP) is 4.36. The van der Waals surface area contributed by atoms with Crippen LogP contribution in [0.25, 0.3) is 0 Å². The third-order valence-electron chi connectivity index (χ3n) is 3.67. The summed E-state index contributed by atoms with van der Waals surface area (Å²) < 4.78 is 0. The van der Waals surface area contributed by atoms with Crippen molar-refractivity contribution >= 4 is 29.5 Å². The lowest BCUT2D eigenvalue weighted by atomic mass is 10.2. The molecule has 5 nitrogen and oxygen atoms in total. The number of hydrogen-bond acceptors (Lipinski definition) is 5. The number of benzene rings is 2. The summed E-state index contributed by atoms with van der Waals surface area (Å²) in [6, 6.07) is 19.5. The fraction of sp³-hybridized carbons (Fsp3) is 0.105. The Morgan fingerprint density at radius 2 is 1.76 bits per heavy atom. The Hall–Kier alpha value is -2.86. The predicted molar refractivity (Wildman–Crippen MR) is 103 cm³/mol. The molecule has 3 N–H and O–H groups in total. The van der Waals surface area contributed by atoms with Gasteiger partial charge in [0.05, 0.1) is 0 Å². The SMILES string of the molecule is CC(Sc1nc(Nc2ccccc2)c(C=N)c(=O)[nH]1)c1ccccc1. The second-order valence-corrected chi connectivity index (χ2v) is 6.77. The minimum Gasteiger partial charge on any atom is -0.339 e. The molecule has 1 heterocycles. The summed E-state index contributed by atoms with van der Waals surface area (Å²) in [7, 11) is 0. The van der Waals surface area contributed by atoms with Crippen molar-refractivity contribution < 1.29 is 0 Å². The van der Waals surface area contributed by atoms with E-state index in [1.165, 1.54) is 11.8 Å². The summed E-state index contributed by atoms with van der Waals surface area (Å²) in [5, 5.41) is 11.3. The Morgan fingerprint density at radius 1 is 1.12 bits per heavy atom. The first-order valence-corrected chi connectivity index (χ1v) is 8.74. The zero-order valence-electron chi connectivity index (χ0n) is 13.7. The highest BCUT2D eigenvalue weighted by molar-refractivity contribution is 7.99. The average Bonchev–Trinajstić information content (AvgIpc) is 2.63. The van der Waals surface area contributed by atoms with Gasteiger partial charge in [-0.25, -0.2) is 4.98 Å². The molecule has 25 heavy (non-hydrogen) atoms. The van der Waals surface area contributed by atoms with Crippen LogP contribution >= 0.6 is 11.8 Å². The molecule has 6 heteroatoms. The van der Waals surface area contributed by atoms with E-state index in [0.29, 0.717) is 11.0 Å². The summed E-state index contributed by atoms with van der Waals surface area (Å²) in [6.07, 6.45) is 1.02. The fourth-order valence-electron chi connectivity index (χ4n) is 2.36. The van der Waals surface area contributed by atoms with Gasteiger partial charge in [-0.3, -0.25) is 4.79 Å². The molecule has 0 fully saturated rings. The number of aromatic amines is 1. The Bertz CT molecular complexity index is 910. The summed E-state index contributed by atoms with van der Waals surface area (Å²) in [6.45, 7) is 2.06. The number of anilines is 2. The maximum absolute atomic E-state index is 12.3. The summed E-state index contributed by atoms with van der Waals surface area (Å²) in [4.78, 5) is 19.6. The Balaban J connectivity index is 1.90. The van der Waals surface area contributed by atoms with Crippen molar-refractivity contribution in [3.05, 3.63) is 82.1 Å². The lowest BCUT2D eigenvalue weighted by molar-refractivity contribution is 0.927. The van der Waals surface area contributed by atoms with Crippen LogP contribution < -0.4 is 10.9 Å². The zero-order valence-corrected chi connectivity index (χ0v) is 14.5. The van der Waals surface area contributed by atoms with Gasteiger partial charge in [-0.2, -0.15) is 0 Å². The van der Waals surface area contributed by atoms with Crippen molar-refractivity contribution in [2.75, 3.05) is 5.32 Å². The van der Waals surface area contributed by atoms with Crippen LogP contribution in [0.2, 0.25) is 0 Å². The van der Waals surface area contributed by atoms with Gasteiger partial charge in [0.25, 0.3) is 5.56 Å². The quantitative estimate of drug-likeness (QED) is 0.350. The van der Waals surface area contributed by atoms with Gasteiger partial charge in [-0.15, -0.1) is 0 Å². The Kier molecular flexibility index (Phi) is 5.30. The highest BCUT2D eigenvalue weighted by atomic mass is 32.2. The molecule has 1 unspecified atom stereocenters. The molecular formula is C19H18N4OS. The van der Waals surface area contributed by atoms with Crippen LogP contribution in [0.5, 0.6) is 0 Å². The molecule has 0 aliphatic carbocycles. The monoisotopic (exact) mass is 350 g/mol. The van der Waals surface area contributed by atoms with Crippen LogP contribution in [0.15, 0.2) is 70.6 Å². The molecular weight excluding hydrogens is 332 g/mol. The lowest BCUT2D eigenvalue weighted by Gasteiger charge is -2.13. The highest BCUT2D eigenvalue weighted by Crippen LogP contribution is 2.32. The van der Waals surface area contributed by atoms with E-state index in [2.05, 4.69) is 22.2 Å². The van der Waals surface area contributed by atoms with Crippen molar-refractivity contribution in [3.8, 4) is 0 Å². The normalized spacial score (nSPS) is 11.7. The summed E-state index contributed by atoms with van der Waals surface area (Å²) in [5.41, 5.74) is 1.85. The Labute approximate surface area is 150 Å². The number of hydrogen-bond donors (Lipinski definition) is 3. The molecule has 0 aliphatic rings. The van der Waals surface area contributed by atoms with Crippen molar-refractivity contribution in [3.63, 3.8) is 0 Å². The first-order chi connectivity index (χ1) is 12.2. The van der Waals surface area contributed by atoms with Crippen molar-refractivity contribution in [1.82, 2.24) is 9.97 Å². The molecule has 3 rings (SSSR count). The molecule has 0 radical (unpaired) electrons. The average molecular weight is 350 g/mol. The minimum absolute atomic E-state index is 0.139. The smallest absolute Gasteiger partial charge is 0.262 e. The van der Waals surface area contributed by atoms with Crippen molar-refractivity contribution in [2.45, 2.75) is 17.3 Å². The van der Waals surface area contributed by atoms with Crippen molar-refractivity contribution in [1.29, 1.82) is 5.41 Å². The zero-order chi connectivity index (χ0) is 17.6. The number of nitrogens with one attached hydrogen (secondary N) is 3. The fourth-order valence-corrected chi connectivity index (χ4v) is 3.29. The number of para-hydroxylation sites is 1. The van der Waals surface area contributed by atoms with Gasteiger partial charge >= 0.3 is 0 Å². The van der Waals surface area contributed by atoms with E-state index in [4.69, 9.17) is 5.41 Å². The molecule has 126 valence electrons. The number of rotatable bonds is 6. The number of nitrogens with zero attached hydrogens (tertiary/aromatic N) is 1. The molecule has 3 aromatic rings. The van der Waals surface area contributed by atoms with Crippen LogP contribution in [0.4, 0.5) is 11.5 Å². The van der Waals surface area contributed by atoms with Crippen LogP contribution in [0.3, 0.4) is 0 Å². The molecule has 2 aromatic carbocycles. The topological polar surface area (TPSA) is 81.6 Å². The van der Waals surface area contributed by atoms with E-state index in [0.717, 1.165) is 17.5 Å². The lowest BCUT2D eigenvalue weighted by Crippen LogP contribution is -2.17. The largest absolute Gasteiger partial charge is 0.339 e. The van der Waals surface area contributed by atoms with E-state index in [1.807, 2.05) is 60.7 Å². The maximum Gasteiger partial charge on any atom is 0.262 e. The van der Waals surface area contributed by atoms with E-state index in [1.54, 1.807) is 0 Å². The van der Waals surface area contributed by atoms with Gasteiger partial charge < -0.3 is 15.7 Å². The number of H-pyrrole nitrogens is 1. The highest BCUT2D eigenvalue weighted by Gasteiger charge is 2.14. The summed E-state index contributed by atoms with van der Waals surface area (Å²) in [5.74, 6) is 0.382. The van der Waals surface area contributed by atoms with E-state index in [-0.39, 0.29) is 16.4 Å². The summed E-state index contributed by atoms with van der Waals surface area (Å²) >= 11 is 1.47. The molecule has 1 atom stereocenters.